The molecule has 1 aliphatic carbocycles. The van der Waals surface area contributed by atoms with E-state index in [1.54, 1.807) is 0 Å². The molecule has 2 aliphatic rings. The van der Waals surface area contributed by atoms with Gasteiger partial charge in [0.05, 0.1) is 0 Å². The lowest BCUT2D eigenvalue weighted by Crippen LogP contribution is -2.48. The van der Waals surface area contributed by atoms with Crippen LogP contribution in [-0.4, -0.2) is 54.8 Å². The van der Waals surface area contributed by atoms with Crippen LogP contribution in [0.15, 0.2) is 97.1 Å². The fourth-order valence-electron chi connectivity index (χ4n) is 6.37. The molecule has 4 aromatic rings. The van der Waals surface area contributed by atoms with Gasteiger partial charge in [-0.2, -0.15) is 4.98 Å². The van der Waals surface area contributed by atoms with Gasteiger partial charge in [0.15, 0.2) is 0 Å². The first-order valence-corrected chi connectivity index (χ1v) is 16.4. The number of ether oxygens (including phenoxy) is 3. The molecule has 1 saturated carbocycles. The Morgan fingerprint density at radius 2 is 1.54 bits per heavy atom. The number of nitrogens with zero attached hydrogens (tertiary/aromatic N) is 3. The van der Waals surface area contributed by atoms with Crippen molar-refractivity contribution in [2.24, 2.45) is 11.7 Å². The molecule has 0 radical (unpaired) electrons. The fourth-order valence-corrected chi connectivity index (χ4v) is 6.37. The number of nitrogens with two attached hydrogens (primary N) is 1. The molecule has 2 N–H and O–H groups in total. The summed E-state index contributed by atoms with van der Waals surface area (Å²) in [5.74, 6) is 1.81. The molecular weight excluding hydrogens is 576 g/mol. The predicted molar refractivity (Wildman–Crippen MR) is 181 cm³/mol. The van der Waals surface area contributed by atoms with Gasteiger partial charge in [-0.3, -0.25) is 0 Å². The lowest BCUT2D eigenvalue weighted by atomic mass is 9.87. The molecule has 2 heterocycles. The van der Waals surface area contributed by atoms with E-state index in [0.717, 1.165) is 54.7 Å². The number of carbonyl (C=O) groups excluding carboxylic acids is 1. The summed E-state index contributed by atoms with van der Waals surface area (Å²) in [5.41, 5.74) is 10.6. The van der Waals surface area contributed by atoms with Crippen molar-refractivity contribution in [3.63, 3.8) is 0 Å². The average Bonchev–Trinajstić information content (AvgIpc) is 3.08. The Bertz CT molecular complexity index is 1550. The summed E-state index contributed by atoms with van der Waals surface area (Å²) in [4.78, 5) is 20.7. The number of aromatic nitrogens is 1. The van der Waals surface area contributed by atoms with E-state index in [-0.39, 0.29) is 6.10 Å². The van der Waals surface area contributed by atoms with E-state index in [4.69, 9.17) is 24.9 Å². The zero-order valence-corrected chi connectivity index (χ0v) is 26.6. The zero-order chi connectivity index (χ0) is 31.7. The number of hydrogen-bond acceptors (Lipinski definition) is 7. The van der Waals surface area contributed by atoms with E-state index < -0.39 is 6.09 Å². The number of anilines is 1. The Hall–Kier alpha value is -4.56. The first-order chi connectivity index (χ1) is 22.5. The molecule has 8 heteroatoms. The minimum absolute atomic E-state index is 0.0165. The molecule has 6 rings (SSSR count). The highest BCUT2D eigenvalue weighted by molar-refractivity contribution is 5.73. The summed E-state index contributed by atoms with van der Waals surface area (Å²) in [6.07, 6.45) is 4.62. The molecule has 0 bridgehead atoms. The normalized spacial score (nSPS) is 18.2. The summed E-state index contributed by atoms with van der Waals surface area (Å²) in [5, 5.41) is 0. The summed E-state index contributed by atoms with van der Waals surface area (Å²) in [6, 6.07) is 33.4. The van der Waals surface area contributed by atoms with E-state index in [1.165, 1.54) is 24.9 Å². The van der Waals surface area contributed by atoms with Crippen molar-refractivity contribution in [3.05, 3.63) is 108 Å². The molecule has 8 nitrogen and oxygen atoms in total. The second-order valence-electron chi connectivity index (χ2n) is 12.5. The van der Waals surface area contributed by atoms with Gasteiger partial charge in [0.25, 0.3) is 0 Å². The quantitative estimate of drug-likeness (QED) is 0.171. The van der Waals surface area contributed by atoms with Crippen LogP contribution in [0.1, 0.15) is 43.2 Å². The van der Waals surface area contributed by atoms with Crippen molar-refractivity contribution in [2.75, 3.05) is 31.6 Å². The summed E-state index contributed by atoms with van der Waals surface area (Å²) in [6.45, 7) is 4.01. The Morgan fingerprint density at radius 3 is 2.22 bits per heavy atom. The number of benzene rings is 3. The Kier molecular flexibility index (Phi) is 10.3. The van der Waals surface area contributed by atoms with Crippen LogP contribution in [0.5, 0.6) is 11.8 Å². The van der Waals surface area contributed by atoms with Crippen molar-refractivity contribution in [3.8, 4) is 22.9 Å². The van der Waals surface area contributed by atoms with Crippen molar-refractivity contribution >= 4 is 11.8 Å². The lowest BCUT2D eigenvalue weighted by molar-refractivity contribution is -0.00185. The number of amides is 1. The number of carbonyl (C=O) groups is 1. The lowest BCUT2D eigenvalue weighted by Gasteiger charge is -2.41. The van der Waals surface area contributed by atoms with Crippen LogP contribution >= 0.6 is 0 Å². The van der Waals surface area contributed by atoms with Crippen LogP contribution in [0.2, 0.25) is 0 Å². The number of primary amides is 1. The van der Waals surface area contributed by atoms with Crippen LogP contribution in [0, 0.1) is 5.92 Å². The number of rotatable bonds is 13. The van der Waals surface area contributed by atoms with Gasteiger partial charge in [-0.15, -0.1) is 0 Å². The maximum absolute atomic E-state index is 11.0. The van der Waals surface area contributed by atoms with E-state index in [9.17, 15) is 4.79 Å². The molecule has 1 aromatic heterocycles. The topological polar surface area (TPSA) is 90.2 Å². The standard InChI is InChI=1S/C38H44N4O4/c1-41(33-24-34(25-33)46-38(39)43)20-17-28-18-21-42(22-19-28)32-14-8-13-31(23-32)35-15-16-36(44-26-29-9-4-2-5-10-29)40-37(35)45-27-30-11-6-3-7-12-30/h2-16,23,28,33-34H,17-22,24-27H2,1H3,(H2,39,43). The molecule has 1 amide bonds. The average molecular weight is 621 g/mol. The highest BCUT2D eigenvalue weighted by atomic mass is 16.6. The summed E-state index contributed by atoms with van der Waals surface area (Å²) < 4.78 is 17.5. The van der Waals surface area contributed by atoms with E-state index in [2.05, 4.69) is 59.3 Å². The molecule has 1 saturated heterocycles. The Balaban J connectivity index is 1.08. The number of piperidine rings is 1. The molecular formula is C38H44N4O4. The third-order valence-electron chi connectivity index (χ3n) is 9.29. The van der Waals surface area contributed by atoms with Crippen LogP contribution in [0.3, 0.4) is 0 Å². The van der Waals surface area contributed by atoms with E-state index in [0.29, 0.717) is 36.9 Å². The van der Waals surface area contributed by atoms with Gasteiger partial charge in [-0.05, 0) is 73.7 Å². The molecule has 240 valence electrons. The van der Waals surface area contributed by atoms with Crippen LogP contribution in [0.25, 0.3) is 11.1 Å². The largest absolute Gasteiger partial charge is 0.473 e. The van der Waals surface area contributed by atoms with Crippen molar-refractivity contribution in [2.45, 2.75) is 57.5 Å². The predicted octanol–water partition coefficient (Wildman–Crippen LogP) is 7.07. The molecule has 0 spiro atoms. The minimum atomic E-state index is -0.668. The van der Waals surface area contributed by atoms with Crippen molar-refractivity contribution in [1.82, 2.24) is 9.88 Å². The van der Waals surface area contributed by atoms with Gasteiger partial charge in [0, 0.05) is 49.3 Å². The van der Waals surface area contributed by atoms with Gasteiger partial charge >= 0.3 is 6.09 Å². The molecule has 1 aliphatic heterocycles. The molecule has 0 unspecified atom stereocenters. The monoisotopic (exact) mass is 620 g/mol. The van der Waals surface area contributed by atoms with Gasteiger partial charge in [-0.25, -0.2) is 4.79 Å². The zero-order valence-electron chi connectivity index (χ0n) is 26.6. The van der Waals surface area contributed by atoms with Crippen molar-refractivity contribution < 1.29 is 19.0 Å². The first kappa shape index (κ1) is 31.4. The number of hydrogen-bond donors (Lipinski definition) is 1. The fraction of sp³-hybridized carbons (Fsp3) is 0.368. The third-order valence-corrected chi connectivity index (χ3v) is 9.29. The summed E-state index contributed by atoms with van der Waals surface area (Å²) >= 11 is 0. The van der Waals surface area contributed by atoms with E-state index in [1.807, 2.05) is 54.6 Å². The molecule has 2 fully saturated rings. The molecule has 0 atom stereocenters. The Morgan fingerprint density at radius 1 is 0.870 bits per heavy atom. The highest BCUT2D eigenvalue weighted by Gasteiger charge is 2.34. The van der Waals surface area contributed by atoms with Crippen molar-refractivity contribution in [1.29, 1.82) is 0 Å². The van der Waals surface area contributed by atoms with Gasteiger partial charge < -0.3 is 29.7 Å². The van der Waals surface area contributed by atoms with Crippen LogP contribution in [-0.2, 0) is 18.0 Å². The SMILES string of the molecule is CN(CCC1CCN(c2cccc(-c3ccc(OCc4ccccc4)nc3OCc3ccccc3)c2)CC1)C1CC(OC(N)=O)C1. The van der Waals surface area contributed by atoms with Gasteiger partial charge in [-0.1, -0.05) is 72.8 Å². The molecule has 3 aromatic carbocycles. The maximum atomic E-state index is 11.0. The number of pyridine rings is 1. The molecule has 46 heavy (non-hydrogen) atoms. The van der Waals surface area contributed by atoms with Gasteiger partial charge in [0.1, 0.15) is 19.3 Å². The summed E-state index contributed by atoms with van der Waals surface area (Å²) in [7, 11) is 2.18. The van der Waals surface area contributed by atoms with E-state index >= 15 is 0 Å². The van der Waals surface area contributed by atoms with Gasteiger partial charge in [0.2, 0.25) is 11.8 Å². The first-order valence-electron chi connectivity index (χ1n) is 16.4. The van der Waals surface area contributed by atoms with Crippen LogP contribution in [0.4, 0.5) is 10.5 Å². The second kappa shape index (κ2) is 15.1. The highest BCUT2D eigenvalue weighted by Crippen LogP contribution is 2.35. The smallest absolute Gasteiger partial charge is 0.404 e. The third kappa shape index (κ3) is 8.37. The second-order valence-corrected chi connectivity index (χ2v) is 12.5. The minimum Gasteiger partial charge on any atom is -0.473 e. The van der Waals surface area contributed by atoms with Crippen LogP contribution < -0.4 is 20.1 Å². The maximum Gasteiger partial charge on any atom is 0.404 e. The Labute approximate surface area is 272 Å².